The van der Waals surface area contributed by atoms with Gasteiger partial charge in [-0.3, -0.25) is 9.59 Å². The van der Waals surface area contributed by atoms with Gasteiger partial charge in [0.25, 0.3) is 11.8 Å². The maximum absolute atomic E-state index is 12.7. The van der Waals surface area contributed by atoms with Crippen LogP contribution in [-0.4, -0.2) is 50.1 Å². The van der Waals surface area contributed by atoms with Crippen molar-refractivity contribution in [1.82, 2.24) is 4.90 Å². The fraction of sp³-hybridized carbons (Fsp3) is 0.300. The minimum Gasteiger partial charge on any atom is -0.495 e. The smallest absolute Gasteiger partial charge is 0.256 e. The topological polar surface area (TPSA) is 93.9 Å². The standard InChI is InChI=1S/C20H23N3O4.ClH/c1-13-3-5-15(21)12-16(13)19(24)22-17-11-14(4-6-18(17)26-2)20(25)23-7-9-27-10-8-23;/h3-6,11-12H,7-10,21H2,1-2H3,(H,22,24);1H. The minimum atomic E-state index is -0.311. The second-order valence-electron chi connectivity index (χ2n) is 6.35. The predicted octanol–water partition coefficient (Wildman–Crippen LogP) is 2.73. The zero-order valence-corrected chi connectivity index (χ0v) is 16.7. The number of nitrogens with one attached hydrogen (secondary N) is 1. The van der Waals surface area contributed by atoms with Gasteiger partial charge >= 0.3 is 0 Å². The number of halogens is 1. The SMILES string of the molecule is COc1ccc(C(=O)N2CCOCC2)cc1NC(=O)c1cc(N)ccc1C.Cl. The first-order valence-corrected chi connectivity index (χ1v) is 8.72. The van der Waals surface area contributed by atoms with Crippen molar-refractivity contribution >= 4 is 35.6 Å². The van der Waals surface area contributed by atoms with E-state index in [1.165, 1.54) is 7.11 Å². The maximum atomic E-state index is 12.7. The van der Waals surface area contributed by atoms with E-state index in [0.29, 0.717) is 54.6 Å². The second kappa shape index (κ2) is 9.43. The number of carbonyl (C=O) groups excluding carboxylic acids is 2. The van der Waals surface area contributed by atoms with Gasteiger partial charge in [-0.1, -0.05) is 6.07 Å². The number of benzene rings is 2. The fourth-order valence-electron chi connectivity index (χ4n) is 2.96. The van der Waals surface area contributed by atoms with Crippen LogP contribution >= 0.6 is 12.4 Å². The van der Waals surface area contributed by atoms with Crippen LogP contribution in [0.25, 0.3) is 0 Å². The first-order chi connectivity index (χ1) is 13.0. The Balaban J connectivity index is 0.00000280. The molecule has 1 aliphatic rings. The minimum absolute atomic E-state index is 0. The van der Waals surface area contributed by atoms with Crippen LogP contribution in [-0.2, 0) is 4.74 Å². The van der Waals surface area contributed by atoms with Gasteiger partial charge in [0.2, 0.25) is 0 Å². The molecule has 0 unspecified atom stereocenters. The van der Waals surface area contributed by atoms with E-state index in [0.717, 1.165) is 5.56 Å². The van der Waals surface area contributed by atoms with Crippen LogP contribution in [0.4, 0.5) is 11.4 Å². The molecule has 2 aromatic carbocycles. The molecule has 8 heteroatoms. The Morgan fingerprint density at radius 3 is 2.54 bits per heavy atom. The average Bonchev–Trinajstić information content (AvgIpc) is 2.69. The molecular weight excluding hydrogens is 382 g/mol. The predicted molar refractivity (Wildman–Crippen MR) is 111 cm³/mol. The van der Waals surface area contributed by atoms with Crippen molar-refractivity contribution in [3.63, 3.8) is 0 Å². The van der Waals surface area contributed by atoms with E-state index >= 15 is 0 Å². The number of hydrogen-bond donors (Lipinski definition) is 2. The lowest BCUT2D eigenvalue weighted by Crippen LogP contribution is -2.40. The maximum Gasteiger partial charge on any atom is 0.256 e. The van der Waals surface area contributed by atoms with Gasteiger partial charge < -0.3 is 25.4 Å². The average molecular weight is 406 g/mol. The zero-order chi connectivity index (χ0) is 19.4. The molecule has 1 aliphatic heterocycles. The first-order valence-electron chi connectivity index (χ1n) is 8.72. The zero-order valence-electron chi connectivity index (χ0n) is 15.9. The van der Waals surface area contributed by atoms with Gasteiger partial charge in [-0.2, -0.15) is 0 Å². The lowest BCUT2D eigenvalue weighted by Gasteiger charge is -2.27. The van der Waals surface area contributed by atoms with Gasteiger partial charge in [-0.05, 0) is 42.8 Å². The highest BCUT2D eigenvalue weighted by Crippen LogP contribution is 2.27. The molecule has 1 saturated heterocycles. The van der Waals surface area contributed by atoms with Crippen molar-refractivity contribution in [1.29, 1.82) is 0 Å². The van der Waals surface area contributed by atoms with Gasteiger partial charge in [-0.25, -0.2) is 0 Å². The van der Waals surface area contributed by atoms with Gasteiger partial charge in [0.1, 0.15) is 5.75 Å². The van der Waals surface area contributed by atoms with Crippen LogP contribution in [0.2, 0.25) is 0 Å². The Morgan fingerprint density at radius 2 is 1.86 bits per heavy atom. The third-order valence-corrected chi connectivity index (χ3v) is 4.50. The highest BCUT2D eigenvalue weighted by Gasteiger charge is 2.20. The number of aryl methyl sites for hydroxylation is 1. The molecule has 0 bridgehead atoms. The van der Waals surface area contributed by atoms with Crippen molar-refractivity contribution in [3.05, 3.63) is 53.1 Å². The molecule has 3 N–H and O–H groups in total. The van der Waals surface area contributed by atoms with Crippen molar-refractivity contribution in [3.8, 4) is 5.75 Å². The Kier molecular flexibility index (Phi) is 7.25. The van der Waals surface area contributed by atoms with Crippen molar-refractivity contribution < 1.29 is 19.1 Å². The van der Waals surface area contributed by atoms with E-state index in [2.05, 4.69) is 5.32 Å². The molecule has 2 aromatic rings. The summed E-state index contributed by atoms with van der Waals surface area (Å²) in [5.74, 6) is 0.0640. The number of nitrogens with two attached hydrogens (primary N) is 1. The van der Waals surface area contributed by atoms with Crippen LogP contribution in [0.3, 0.4) is 0 Å². The lowest BCUT2D eigenvalue weighted by atomic mass is 10.1. The Hall–Kier alpha value is -2.77. The number of anilines is 2. The largest absolute Gasteiger partial charge is 0.495 e. The summed E-state index contributed by atoms with van der Waals surface area (Å²) >= 11 is 0. The molecular formula is C20H24ClN3O4. The summed E-state index contributed by atoms with van der Waals surface area (Å²) < 4.78 is 10.6. The third-order valence-electron chi connectivity index (χ3n) is 4.50. The number of ether oxygens (including phenoxy) is 2. The lowest BCUT2D eigenvalue weighted by molar-refractivity contribution is 0.0303. The molecule has 0 aliphatic carbocycles. The summed E-state index contributed by atoms with van der Waals surface area (Å²) in [4.78, 5) is 27.1. The molecule has 1 fully saturated rings. The van der Waals surface area contributed by atoms with Crippen LogP contribution in [0.1, 0.15) is 26.3 Å². The molecule has 2 amide bonds. The Bertz CT molecular complexity index is 867. The highest BCUT2D eigenvalue weighted by molar-refractivity contribution is 6.07. The van der Waals surface area contributed by atoms with Crippen LogP contribution in [0.5, 0.6) is 5.75 Å². The molecule has 28 heavy (non-hydrogen) atoms. The molecule has 7 nitrogen and oxygen atoms in total. The summed E-state index contributed by atoms with van der Waals surface area (Å²) in [6.07, 6.45) is 0. The number of methoxy groups -OCH3 is 1. The van der Waals surface area contributed by atoms with Gasteiger partial charge in [-0.15, -0.1) is 12.4 Å². The normalized spacial score (nSPS) is 13.4. The van der Waals surface area contributed by atoms with Crippen molar-refractivity contribution in [2.75, 3.05) is 44.5 Å². The molecule has 150 valence electrons. The fourth-order valence-corrected chi connectivity index (χ4v) is 2.96. The first kappa shape index (κ1) is 21.5. The van der Waals surface area contributed by atoms with Crippen molar-refractivity contribution in [2.24, 2.45) is 0 Å². The number of hydrogen-bond acceptors (Lipinski definition) is 5. The Labute approximate surface area is 170 Å². The number of rotatable bonds is 4. The third kappa shape index (κ3) is 4.74. The summed E-state index contributed by atoms with van der Waals surface area (Å²) in [5, 5.41) is 2.83. The van der Waals surface area contributed by atoms with E-state index in [1.54, 1.807) is 41.3 Å². The van der Waals surface area contributed by atoms with E-state index in [4.69, 9.17) is 15.2 Å². The number of morpholine rings is 1. The van der Waals surface area contributed by atoms with Gasteiger partial charge in [0, 0.05) is 29.9 Å². The van der Waals surface area contributed by atoms with Crippen LogP contribution in [0.15, 0.2) is 36.4 Å². The van der Waals surface area contributed by atoms with Gasteiger partial charge in [0.15, 0.2) is 0 Å². The van der Waals surface area contributed by atoms with Crippen LogP contribution in [0, 0.1) is 6.92 Å². The number of carbonyl (C=O) groups is 2. The molecule has 1 heterocycles. The Morgan fingerprint density at radius 1 is 1.14 bits per heavy atom. The second-order valence-corrected chi connectivity index (χ2v) is 6.35. The highest BCUT2D eigenvalue weighted by atomic mass is 35.5. The van der Waals surface area contributed by atoms with E-state index in [-0.39, 0.29) is 24.2 Å². The molecule has 0 atom stereocenters. The molecule has 0 radical (unpaired) electrons. The summed E-state index contributed by atoms with van der Waals surface area (Å²) in [6, 6.07) is 10.2. The van der Waals surface area contributed by atoms with Crippen LogP contribution < -0.4 is 15.8 Å². The molecule has 0 spiro atoms. The number of nitrogen functional groups attached to an aromatic ring is 1. The molecule has 3 rings (SSSR count). The summed E-state index contributed by atoms with van der Waals surface area (Å²) in [6.45, 7) is 3.99. The quantitative estimate of drug-likeness (QED) is 0.763. The molecule has 0 aromatic heterocycles. The number of nitrogens with zero attached hydrogens (tertiary/aromatic N) is 1. The van der Waals surface area contributed by atoms with Crippen molar-refractivity contribution in [2.45, 2.75) is 6.92 Å². The number of amides is 2. The van der Waals surface area contributed by atoms with E-state index in [9.17, 15) is 9.59 Å². The monoisotopic (exact) mass is 405 g/mol. The van der Waals surface area contributed by atoms with Gasteiger partial charge in [0.05, 0.1) is 26.0 Å². The molecule has 0 saturated carbocycles. The van der Waals surface area contributed by atoms with E-state index in [1.807, 2.05) is 6.92 Å². The van der Waals surface area contributed by atoms with E-state index < -0.39 is 0 Å². The summed E-state index contributed by atoms with van der Waals surface area (Å²) in [7, 11) is 1.51. The summed E-state index contributed by atoms with van der Waals surface area (Å²) in [5.41, 5.74) is 8.50.